The molecule has 0 spiro atoms. The van der Waals surface area contributed by atoms with Crippen molar-refractivity contribution in [3.8, 4) is 11.1 Å². The highest BCUT2D eigenvalue weighted by molar-refractivity contribution is 6.00. The number of benzene rings is 2. The van der Waals surface area contributed by atoms with Gasteiger partial charge in [0.25, 0.3) is 0 Å². The Morgan fingerprint density at radius 2 is 1.88 bits per heavy atom. The fourth-order valence-corrected chi connectivity index (χ4v) is 3.78. The highest BCUT2D eigenvalue weighted by Gasteiger charge is 2.35. The van der Waals surface area contributed by atoms with E-state index in [4.69, 9.17) is 0 Å². The second kappa shape index (κ2) is 5.76. The SMILES string of the molecule is C[C@@H]1CNC(=O)C2=Cc3cc(F)cc(-c4ccc(F)c(F)c4)c3CC21. The molecule has 1 aliphatic heterocycles. The van der Waals surface area contributed by atoms with Gasteiger partial charge in [0.05, 0.1) is 0 Å². The van der Waals surface area contributed by atoms with E-state index < -0.39 is 17.5 Å². The number of fused-ring (bicyclic) bond motifs is 2. The van der Waals surface area contributed by atoms with Crippen LogP contribution in [0.3, 0.4) is 0 Å². The van der Waals surface area contributed by atoms with Crippen LogP contribution in [0.4, 0.5) is 13.2 Å². The molecule has 2 aromatic rings. The lowest BCUT2D eigenvalue weighted by Gasteiger charge is -2.35. The summed E-state index contributed by atoms with van der Waals surface area (Å²) in [5.74, 6) is -2.21. The van der Waals surface area contributed by atoms with E-state index in [1.54, 1.807) is 6.08 Å². The van der Waals surface area contributed by atoms with Crippen LogP contribution in [-0.4, -0.2) is 12.5 Å². The maximum absolute atomic E-state index is 14.1. The molecule has 1 N–H and O–H groups in total. The van der Waals surface area contributed by atoms with Crippen LogP contribution in [0.25, 0.3) is 17.2 Å². The van der Waals surface area contributed by atoms with E-state index in [-0.39, 0.29) is 17.7 Å². The molecular weight excluding hydrogens is 327 g/mol. The molecule has 4 rings (SSSR count). The van der Waals surface area contributed by atoms with E-state index >= 15 is 0 Å². The smallest absolute Gasteiger partial charge is 0.247 e. The Morgan fingerprint density at radius 3 is 2.64 bits per heavy atom. The average molecular weight is 343 g/mol. The van der Waals surface area contributed by atoms with Crippen molar-refractivity contribution in [1.29, 1.82) is 0 Å². The first kappa shape index (κ1) is 15.9. The lowest BCUT2D eigenvalue weighted by atomic mass is 9.73. The first-order valence-corrected chi connectivity index (χ1v) is 8.21. The Labute approximate surface area is 143 Å². The summed E-state index contributed by atoms with van der Waals surface area (Å²) in [6, 6.07) is 6.31. The van der Waals surface area contributed by atoms with Gasteiger partial charge in [0.1, 0.15) is 5.82 Å². The molecule has 1 amide bonds. The van der Waals surface area contributed by atoms with Crippen molar-refractivity contribution < 1.29 is 18.0 Å². The fourth-order valence-electron chi connectivity index (χ4n) is 3.78. The Balaban J connectivity index is 1.90. The second-order valence-electron chi connectivity index (χ2n) is 6.75. The van der Waals surface area contributed by atoms with Gasteiger partial charge < -0.3 is 5.32 Å². The van der Waals surface area contributed by atoms with Crippen LogP contribution < -0.4 is 5.32 Å². The number of nitrogens with one attached hydrogen (secondary N) is 1. The normalized spacial score (nSPS) is 21.9. The van der Waals surface area contributed by atoms with Gasteiger partial charge in [0, 0.05) is 12.1 Å². The molecule has 25 heavy (non-hydrogen) atoms. The van der Waals surface area contributed by atoms with E-state index in [0.717, 1.165) is 17.7 Å². The lowest BCUT2D eigenvalue weighted by molar-refractivity contribution is -0.119. The third-order valence-corrected chi connectivity index (χ3v) is 5.15. The molecular formula is C20H16F3NO. The first-order valence-electron chi connectivity index (χ1n) is 8.21. The van der Waals surface area contributed by atoms with Crippen molar-refractivity contribution in [2.24, 2.45) is 11.8 Å². The molecule has 2 aliphatic rings. The molecule has 1 unspecified atom stereocenters. The third-order valence-electron chi connectivity index (χ3n) is 5.15. The molecule has 0 aromatic heterocycles. The summed E-state index contributed by atoms with van der Waals surface area (Å²) in [7, 11) is 0. The van der Waals surface area contributed by atoms with Gasteiger partial charge in [-0.2, -0.15) is 0 Å². The van der Waals surface area contributed by atoms with Crippen LogP contribution in [0.2, 0.25) is 0 Å². The van der Waals surface area contributed by atoms with Gasteiger partial charge in [0.2, 0.25) is 5.91 Å². The van der Waals surface area contributed by atoms with Crippen molar-refractivity contribution >= 4 is 12.0 Å². The minimum absolute atomic E-state index is 0.0377. The first-order chi connectivity index (χ1) is 11.9. The zero-order valence-corrected chi connectivity index (χ0v) is 13.6. The summed E-state index contributed by atoms with van der Waals surface area (Å²) in [6.45, 7) is 2.65. The molecule has 128 valence electrons. The van der Waals surface area contributed by atoms with Crippen LogP contribution in [0.5, 0.6) is 0 Å². The highest BCUT2D eigenvalue weighted by Crippen LogP contribution is 2.40. The average Bonchev–Trinajstić information content (AvgIpc) is 2.59. The van der Waals surface area contributed by atoms with Crippen molar-refractivity contribution in [2.45, 2.75) is 13.3 Å². The number of amides is 1. The van der Waals surface area contributed by atoms with Crippen molar-refractivity contribution in [3.63, 3.8) is 0 Å². The van der Waals surface area contributed by atoms with E-state index in [1.165, 1.54) is 18.2 Å². The van der Waals surface area contributed by atoms with Gasteiger partial charge in [-0.1, -0.05) is 13.0 Å². The largest absolute Gasteiger partial charge is 0.352 e. The van der Waals surface area contributed by atoms with Gasteiger partial charge in [0.15, 0.2) is 11.6 Å². The number of piperidine rings is 1. The maximum Gasteiger partial charge on any atom is 0.247 e. The molecule has 1 saturated heterocycles. The summed E-state index contributed by atoms with van der Waals surface area (Å²) in [6.07, 6.45) is 2.30. The number of hydrogen-bond donors (Lipinski definition) is 1. The minimum atomic E-state index is -0.965. The Bertz CT molecular complexity index is 919. The molecule has 0 saturated carbocycles. The van der Waals surface area contributed by atoms with E-state index in [2.05, 4.69) is 12.2 Å². The zero-order chi connectivity index (χ0) is 17.7. The number of rotatable bonds is 1. The topological polar surface area (TPSA) is 29.1 Å². The van der Waals surface area contributed by atoms with Crippen LogP contribution in [0.1, 0.15) is 18.1 Å². The van der Waals surface area contributed by atoms with Crippen molar-refractivity contribution in [1.82, 2.24) is 5.32 Å². The van der Waals surface area contributed by atoms with Crippen LogP contribution >= 0.6 is 0 Å². The van der Waals surface area contributed by atoms with Crippen LogP contribution in [0, 0.1) is 29.3 Å². The predicted octanol–water partition coefficient (Wildman–Crippen LogP) is 4.09. The number of halogens is 3. The minimum Gasteiger partial charge on any atom is -0.352 e. The summed E-state index contributed by atoms with van der Waals surface area (Å²) in [4.78, 5) is 12.1. The van der Waals surface area contributed by atoms with E-state index in [0.29, 0.717) is 35.2 Å². The highest BCUT2D eigenvalue weighted by atomic mass is 19.2. The zero-order valence-electron chi connectivity index (χ0n) is 13.6. The number of carbonyl (C=O) groups is 1. The molecule has 0 radical (unpaired) electrons. The quantitative estimate of drug-likeness (QED) is 0.830. The predicted molar refractivity (Wildman–Crippen MR) is 89.1 cm³/mol. The lowest BCUT2D eigenvalue weighted by Crippen LogP contribution is -2.43. The van der Waals surface area contributed by atoms with Gasteiger partial charge >= 0.3 is 0 Å². The standard InChI is InChI=1S/C20H16F3NO/c1-10-9-24-20(25)17-5-12-4-13(21)7-15(16(12)8-14(10)17)11-2-3-18(22)19(23)6-11/h2-7,10,14H,8-9H2,1H3,(H,24,25)/t10-,14?/m1/s1. The molecule has 0 bridgehead atoms. The van der Waals surface area contributed by atoms with E-state index in [1.807, 2.05) is 0 Å². The third kappa shape index (κ3) is 2.64. The van der Waals surface area contributed by atoms with Crippen LogP contribution in [0.15, 0.2) is 35.9 Å². The molecule has 2 atom stereocenters. The Kier molecular flexibility index (Phi) is 3.67. The van der Waals surface area contributed by atoms with Crippen molar-refractivity contribution in [2.75, 3.05) is 6.54 Å². The Hall–Kier alpha value is -2.56. The molecule has 1 aliphatic carbocycles. The maximum atomic E-state index is 14.1. The summed E-state index contributed by atoms with van der Waals surface area (Å²) >= 11 is 0. The van der Waals surface area contributed by atoms with Gasteiger partial charge in [-0.15, -0.1) is 0 Å². The van der Waals surface area contributed by atoms with E-state index in [9.17, 15) is 18.0 Å². The van der Waals surface area contributed by atoms with Crippen LogP contribution in [-0.2, 0) is 11.2 Å². The monoisotopic (exact) mass is 343 g/mol. The molecule has 2 nitrogen and oxygen atoms in total. The molecule has 5 heteroatoms. The van der Waals surface area contributed by atoms with Gasteiger partial charge in [-0.05, 0) is 70.9 Å². The summed E-state index contributed by atoms with van der Waals surface area (Å²) in [5, 5.41) is 2.84. The van der Waals surface area contributed by atoms with Gasteiger partial charge in [-0.25, -0.2) is 13.2 Å². The number of carbonyl (C=O) groups excluding carboxylic acids is 1. The Morgan fingerprint density at radius 1 is 1.08 bits per heavy atom. The number of hydrogen-bond acceptors (Lipinski definition) is 1. The summed E-state index contributed by atoms with van der Waals surface area (Å²) < 4.78 is 41.0. The van der Waals surface area contributed by atoms with Crippen molar-refractivity contribution in [3.05, 3.63) is 64.5 Å². The molecule has 1 fully saturated rings. The van der Waals surface area contributed by atoms with Gasteiger partial charge in [-0.3, -0.25) is 4.79 Å². The molecule has 2 aromatic carbocycles. The molecule has 1 heterocycles. The fraction of sp³-hybridized carbons (Fsp3) is 0.250. The summed E-state index contributed by atoms with van der Waals surface area (Å²) in [5.41, 5.74) is 3.12. The second-order valence-corrected chi connectivity index (χ2v) is 6.75.